The number of hydrogen-bond donors (Lipinski definition) is 3. The molecule has 2 aliphatic heterocycles. The smallest absolute Gasteiger partial charge is 0.273 e. The number of carbonyl (C=O) groups excluding carboxylic acids is 3. The molecule has 0 aliphatic carbocycles. The van der Waals surface area contributed by atoms with Gasteiger partial charge in [0.2, 0.25) is 11.9 Å². The molecule has 0 saturated carbocycles. The molecule has 254 valence electrons. The number of rotatable bonds is 2. The van der Waals surface area contributed by atoms with Crippen LogP contribution in [-0.4, -0.2) is 59.5 Å². The summed E-state index contributed by atoms with van der Waals surface area (Å²) in [5.41, 5.74) is 19.1. The first kappa shape index (κ1) is 33.4. The maximum Gasteiger partial charge on any atom is 0.273 e. The van der Waals surface area contributed by atoms with E-state index < -0.39 is 0 Å². The zero-order valence-electron chi connectivity index (χ0n) is 27.7. The van der Waals surface area contributed by atoms with Gasteiger partial charge in [0.15, 0.2) is 6.29 Å². The van der Waals surface area contributed by atoms with Gasteiger partial charge >= 0.3 is 0 Å². The van der Waals surface area contributed by atoms with Crippen molar-refractivity contribution in [3.63, 3.8) is 0 Å². The minimum absolute atomic E-state index is 0.0456. The monoisotopic (exact) mass is 686 g/mol. The SMILES string of the molecule is Nc1nc(C(=O)N2Cc3ccccc3C2)c2cc(C#CC=O)ccc2n1.Nc1nc(C(=O)N2Cc3ccccc3C2)c2cc(C#CCO)ccc2n1. The number of benzene rings is 4. The Balaban J connectivity index is 0.000000162. The van der Waals surface area contributed by atoms with E-state index in [2.05, 4.69) is 43.6 Å². The minimum Gasteiger partial charge on any atom is -0.384 e. The van der Waals surface area contributed by atoms with Gasteiger partial charge in [-0.3, -0.25) is 14.4 Å². The normalized spacial score (nSPS) is 12.5. The van der Waals surface area contributed by atoms with E-state index in [9.17, 15) is 14.4 Å². The Morgan fingerprint density at radius 3 is 1.48 bits per heavy atom. The topological polar surface area (TPSA) is 182 Å². The molecule has 4 aromatic carbocycles. The van der Waals surface area contributed by atoms with E-state index in [1.807, 2.05) is 48.5 Å². The van der Waals surface area contributed by atoms with E-state index in [1.54, 1.807) is 46.2 Å². The number of nitrogens with two attached hydrogens (primary N) is 2. The molecule has 12 heteroatoms. The minimum atomic E-state index is -0.228. The van der Waals surface area contributed by atoms with Gasteiger partial charge in [-0.2, -0.15) is 0 Å². The van der Waals surface area contributed by atoms with Gasteiger partial charge in [0.05, 0.1) is 11.0 Å². The molecule has 0 radical (unpaired) electrons. The average Bonchev–Trinajstić information content (AvgIpc) is 3.80. The van der Waals surface area contributed by atoms with Gasteiger partial charge in [-0.1, -0.05) is 66.3 Å². The highest BCUT2D eigenvalue weighted by Gasteiger charge is 2.28. The number of aliphatic hydroxyl groups is 1. The zero-order valence-corrected chi connectivity index (χ0v) is 27.7. The zero-order chi connectivity index (χ0) is 36.2. The summed E-state index contributed by atoms with van der Waals surface area (Å²) in [6.45, 7) is 1.93. The fraction of sp³-hybridized carbons (Fsp3) is 0.125. The molecular weight excluding hydrogens is 656 g/mol. The third-order valence-corrected chi connectivity index (χ3v) is 8.67. The van der Waals surface area contributed by atoms with Crippen LogP contribution in [0.1, 0.15) is 54.4 Å². The molecule has 2 aromatic heterocycles. The number of fused-ring (bicyclic) bond motifs is 4. The van der Waals surface area contributed by atoms with E-state index in [0.29, 0.717) is 65.4 Å². The fourth-order valence-corrected chi connectivity index (χ4v) is 6.28. The first-order valence-electron chi connectivity index (χ1n) is 16.2. The highest BCUT2D eigenvalue weighted by molar-refractivity contribution is 6.06. The standard InChI is InChI=1S/C20H16N4O2.C20H14N4O2/c2*21-20-22-17-8-7-13(4-3-9-25)10-16(17)18(23-20)19(26)24-11-14-5-1-2-6-15(14)12-24/h1-2,5-8,10,25H,9,11-12H2,(H2,21,22,23);1-2,5-10H,11-12H2,(H2,21,22,23). The van der Waals surface area contributed by atoms with Crippen molar-refractivity contribution in [1.82, 2.24) is 29.7 Å². The Morgan fingerprint density at radius 2 is 1.08 bits per heavy atom. The molecule has 0 saturated heterocycles. The van der Waals surface area contributed by atoms with E-state index in [-0.39, 0.29) is 41.7 Å². The first-order valence-corrected chi connectivity index (χ1v) is 16.2. The van der Waals surface area contributed by atoms with Crippen molar-refractivity contribution in [2.45, 2.75) is 26.2 Å². The summed E-state index contributed by atoms with van der Waals surface area (Å²) < 4.78 is 0. The summed E-state index contributed by atoms with van der Waals surface area (Å²) in [7, 11) is 0. The van der Waals surface area contributed by atoms with Crippen LogP contribution < -0.4 is 11.5 Å². The molecule has 8 rings (SSSR count). The van der Waals surface area contributed by atoms with Crippen molar-refractivity contribution in [3.8, 4) is 23.7 Å². The number of anilines is 2. The molecule has 0 spiro atoms. The summed E-state index contributed by atoms with van der Waals surface area (Å²) in [5, 5.41) is 10.0. The number of amides is 2. The highest BCUT2D eigenvalue weighted by Crippen LogP contribution is 2.28. The number of aldehydes is 1. The molecule has 0 atom stereocenters. The van der Waals surface area contributed by atoms with E-state index in [4.69, 9.17) is 16.6 Å². The van der Waals surface area contributed by atoms with Gasteiger partial charge in [-0.25, -0.2) is 19.9 Å². The Kier molecular flexibility index (Phi) is 9.22. The second-order valence-corrected chi connectivity index (χ2v) is 12.0. The molecule has 0 unspecified atom stereocenters. The summed E-state index contributed by atoms with van der Waals surface area (Å²) in [6.07, 6.45) is 0.525. The lowest BCUT2D eigenvalue weighted by Crippen LogP contribution is -2.27. The molecule has 5 N–H and O–H groups in total. The predicted molar refractivity (Wildman–Crippen MR) is 195 cm³/mol. The van der Waals surface area contributed by atoms with Crippen molar-refractivity contribution in [2.24, 2.45) is 0 Å². The van der Waals surface area contributed by atoms with Crippen molar-refractivity contribution in [2.75, 3.05) is 18.1 Å². The summed E-state index contributed by atoms with van der Waals surface area (Å²) >= 11 is 0. The molecular formula is C40H30N8O4. The number of aliphatic hydroxyl groups excluding tert-OH is 1. The molecule has 52 heavy (non-hydrogen) atoms. The van der Waals surface area contributed by atoms with Crippen molar-refractivity contribution >= 4 is 51.8 Å². The predicted octanol–water partition coefficient (Wildman–Crippen LogP) is 3.63. The van der Waals surface area contributed by atoms with Crippen LogP contribution in [0.15, 0.2) is 84.9 Å². The maximum absolute atomic E-state index is 13.1. The van der Waals surface area contributed by atoms with Crippen molar-refractivity contribution in [1.29, 1.82) is 0 Å². The van der Waals surface area contributed by atoms with Gasteiger partial charge in [0.1, 0.15) is 18.0 Å². The maximum atomic E-state index is 13.1. The van der Waals surface area contributed by atoms with Gasteiger partial charge in [-0.05, 0) is 64.6 Å². The number of carbonyl (C=O) groups is 3. The largest absolute Gasteiger partial charge is 0.384 e. The van der Waals surface area contributed by atoms with E-state index >= 15 is 0 Å². The second-order valence-electron chi connectivity index (χ2n) is 12.0. The lowest BCUT2D eigenvalue weighted by Gasteiger charge is -2.16. The van der Waals surface area contributed by atoms with Crippen LogP contribution in [0.25, 0.3) is 21.8 Å². The van der Waals surface area contributed by atoms with Crippen molar-refractivity contribution < 1.29 is 19.5 Å². The van der Waals surface area contributed by atoms with Crippen LogP contribution in [0.2, 0.25) is 0 Å². The van der Waals surface area contributed by atoms with Crippen molar-refractivity contribution in [3.05, 3.63) is 130 Å². The summed E-state index contributed by atoms with van der Waals surface area (Å²) in [4.78, 5) is 56.9. The van der Waals surface area contributed by atoms with Crippen LogP contribution >= 0.6 is 0 Å². The molecule has 12 nitrogen and oxygen atoms in total. The van der Waals surface area contributed by atoms with Gasteiger partial charge in [-0.15, -0.1) is 0 Å². The lowest BCUT2D eigenvalue weighted by molar-refractivity contribution is -0.103. The van der Waals surface area contributed by atoms with Crippen LogP contribution in [0.5, 0.6) is 0 Å². The Morgan fingerprint density at radius 1 is 0.654 bits per heavy atom. The first-order chi connectivity index (χ1) is 25.3. The number of aromatic nitrogens is 4. The molecule has 6 aromatic rings. The quantitative estimate of drug-likeness (QED) is 0.180. The number of nitrogens with zero attached hydrogens (tertiary/aromatic N) is 6. The third-order valence-electron chi connectivity index (χ3n) is 8.67. The van der Waals surface area contributed by atoms with E-state index in [1.165, 1.54) is 0 Å². The van der Waals surface area contributed by atoms with Crippen LogP contribution in [-0.2, 0) is 31.0 Å². The molecule has 0 fully saturated rings. The van der Waals surface area contributed by atoms with Gasteiger partial charge in [0, 0.05) is 48.1 Å². The van der Waals surface area contributed by atoms with Crippen LogP contribution in [0.4, 0.5) is 11.9 Å². The summed E-state index contributed by atoms with van der Waals surface area (Å²) in [6, 6.07) is 26.4. The van der Waals surface area contributed by atoms with Gasteiger partial charge in [0.25, 0.3) is 11.8 Å². The summed E-state index contributed by atoms with van der Waals surface area (Å²) in [5.74, 6) is 10.2. The average molecular weight is 687 g/mol. The van der Waals surface area contributed by atoms with E-state index in [0.717, 1.165) is 22.3 Å². The second kappa shape index (κ2) is 14.4. The molecule has 2 aliphatic rings. The Labute approximate surface area is 298 Å². The third kappa shape index (κ3) is 6.83. The van der Waals surface area contributed by atoms with Crippen LogP contribution in [0, 0.1) is 23.7 Å². The Bertz CT molecular complexity index is 2500. The highest BCUT2D eigenvalue weighted by atomic mass is 16.2. The Hall–Kier alpha value is -7.15. The number of nitrogen functional groups attached to an aromatic ring is 2. The molecule has 0 bridgehead atoms. The fourth-order valence-electron chi connectivity index (χ4n) is 6.28. The van der Waals surface area contributed by atoms with Gasteiger partial charge < -0.3 is 26.4 Å². The van der Waals surface area contributed by atoms with Crippen LogP contribution in [0.3, 0.4) is 0 Å². The molecule has 4 heterocycles. The molecule has 2 amide bonds. The lowest BCUT2D eigenvalue weighted by atomic mass is 10.1. The number of hydrogen-bond acceptors (Lipinski definition) is 10.